The lowest BCUT2D eigenvalue weighted by Crippen LogP contribution is -2.13. The molecule has 0 unspecified atom stereocenters. The van der Waals surface area contributed by atoms with Crippen molar-refractivity contribution in [2.45, 2.75) is 20.0 Å². The molecule has 23 heavy (non-hydrogen) atoms. The monoisotopic (exact) mass is 313 g/mol. The van der Waals surface area contributed by atoms with Gasteiger partial charge in [0.05, 0.1) is 13.3 Å². The van der Waals surface area contributed by atoms with Gasteiger partial charge in [0.15, 0.2) is 5.65 Å². The number of hydrogen-bond donors (Lipinski definition) is 2. The van der Waals surface area contributed by atoms with Gasteiger partial charge < -0.3 is 15.0 Å². The smallest absolute Gasteiger partial charge is 0.354 e. The number of rotatable bonds is 5. The van der Waals surface area contributed by atoms with E-state index in [1.54, 1.807) is 4.68 Å². The molecule has 3 aromatic heterocycles. The number of fused-ring (bicyclic) bond motifs is 1. The van der Waals surface area contributed by atoms with Crippen molar-refractivity contribution in [3.05, 3.63) is 47.0 Å². The summed E-state index contributed by atoms with van der Waals surface area (Å²) in [5.41, 5.74) is 4.42. The van der Waals surface area contributed by atoms with Crippen molar-refractivity contribution in [2.24, 2.45) is 7.05 Å². The van der Waals surface area contributed by atoms with E-state index in [4.69, 9.17) is 4.74 Å². The summed E-state index contributed by atoms with van der Waals surface area (Å²) < 4.78 is 6.49. The quantitative estimate of drug-likeness (QED) is 0.700. The van der Waals surface area contributed by atoms with Gasteiger partial charge in [0, 0.05) is 37.9 Å². The summed E-state index contributed by atoms with van der Waals surface area (Å²) in [6, 6.07) is 2.08. The molecular weight excluding hydrogens is 294 g/mol. The van der Waals surface area contributed by atoms with Crippen LogP contribution in [-0.2, 0) is 24.9 Å². The summed E-state index contributed by atoms with van der Waals surface area (Å²) in [5, 5.41) is 8.58. The first-order chi connectivity index (χ1) is 11.1. The predicted molar refractivity (Wildman–Crippen MR) is 85.9 cm³/mol. The molecule has 0 spiro atoms. The molecule has 3 aromatic rings. The van der Waals surface area contributed by atoms with Crippen molar-refractivity contribution >= 4 is 17.0 Å². The molecule has 0 fully saturated rings. The second kappa shape index (κ2) is 6.21. The predicted octanol–water partition coefficient (Wildman–Crippen LogP) is 1.68. The van der Waals surface area contributed by atoms with Gasteiger partial charge in [0.25, 0.3) is 0 Å². The maximum absolute atomic E-state index is 11.6. The third-order valence-electron chi connectivity index (χ3n) is 3.91. The van der Waals surface area contributed by atoms with E-state index in [2.05, 4.69) is 26.4 Å². The zero-order valence-corrected chi connectivity index (χ0v) is 13.4. The molecule has 0 aliphatic heterocycles. The minimum Gasteiger partial charge on any atom is -0.464 e. The Morgan fingerprint density at radius 1 is 1.39 bits per heavy atom. The normalized spacial score (nSPS) is 11.1. The fourth-order valence-electron chi connectivity index (χ4n) is 2.56. The van der Waals surface area contributed by atoms with Crippen molar-refractivity contribution in [2.75, 3.05) is 7.11 Å². The van der Waals surface area contributed by atoms with Crippen LogP contribution in [-0.4, -0.2) is 32.8 Å². The third-order valence-corrected chi connectivity index (χ3v) is 3.91. The number of esters is 1. The van der Waals surface area contributed by atoms with Crippen LogP contribution in [0.5, 0.6) is 0 Å². The van der Waals surface area contributed by atoms with Gasteiger partial charge in [-0.3, -0.25) is 4.68 Å². The summed E-state index contributed by atoms with van der Waals surface area (Å²) in [4.78, 5) is 19.0. The zero-order valence-electron chi connectivity index (χ0n) is 13.4. The van der Waals surface area contributed by atoms with Gasteiger partial charge in [-0.25, -0.2) is 9.78 Å². The SMILES string of the molecule is COC(=O)c1[nH]cc(CNCc2cnc3c(cnn3C)c2)c1C. The van der Waals surface area contributed by atoms with Crippen LogP contribution in [0.4, 0.5) is 0 Å². The van der Waals surface area contributed by atoms with Gasteiger partial charge in [-0.15, -0.1) is 0 Å². The number of carbonyl (C=O) groups excluding carboxylic acids is 1. The minimum atomic E-state index is -0.347. The Balaban J connectivity index is 1.64. The summed E-state index contributed by atoms with van der Waals surface area (Å²) in [5.74, 6) is -0.347. The molecule has 7 nitrogen and oxygen atoms in total. The molecule has 0 atom stereocenters. The lowest BCUT2D eigenvalue weighted by molar-refractivity contribution is 0.0594. The minimum absolute atomic E-state index is 0.347. The van der Waals surface area contributed by atoms with E-state index in [9.17, 15) is 4.79 Å². The van der Waals surface area contributed by atoms with E-state index in [1.807, 2.05) is 32.6 Å². The van der Waals surface area contributed by atoms with Gasteiger partial charge in [0.2, 0.25) is 0 Å². The maximum atomic E-state index is 11.6. The van der Waals surface area contributed by atoms with Gasteiger partial charge in [-0.1, -0.05) is 0 Å². The van der Waals surface area contributed by atoms with E-state index in [0.717, 1.165) is 27.7 Å². The van der Waals surface area contributed by atoms with E-state index in [0.29, 0.717) is 18.8 Å². The van der Waals surface area contributed by atoms with Crippen molar-refractivity contribution in [1.29, 1.82) is 0 Å². The molecule has 3 rings (SSSR count). The first-order valence-corrected chi connectivity index (χ1v) is 7.32. The van der Waals surface area contributed by atoms with Crippen molar-refractivity contribution < 1.29 is 9.53 Å². The highest BCUT2D eigenvalue weighted by molar-refractivity contribution is 5.89. The van der Waals surface area contributed by atoms with E-state index < -0.39 is 0 Å². The van der Waals surface area contributed by atoms with Crippen molar-refractivity contribution in [3.8, 4) is 0 Å². The molecule has 0 bridgehead atoms. The average molecular weight is 313 g/mol. The van der Waals surface area contributed by atoms with Crippen LogP contribution < -0.4 is 5.32 Å². The number of methoxy groups -OCH3 is 1. The summed E-state index contributed by atoms with van der Waals surface area (Å²) in [7, 11) is 3.25. The summed E-state index contributed by atoms with van der Waals surface area (Å²) in [6.07, 6.45) is 5.49. The van der Waals surface area contributed by atoms with Crippen LogP contribution in [0.15, 0.2) is 24.7 Å². The standard InChI is InChI=1S/C16H19N5O2/c1-10-13(8-18-14(10)16(22)23-3)7-17-5-11-4-12-9-20-21(2)15(12)19-6-11/h4,6,8-9,17-18H,5,7H2,1-3H3. The molecule has 0 aromatic carbocycles. The Labute approximate surface area is 133 Å². The Morgan fingerprint density at radius 2 is 2.22 bits per heavy atom. The second-order valence-corrected chi connectivity index (χ2v) is 5.43. The number of ether oxygens (including phenoxy) is 1. The summed E-state index contributed by atoms with van der Waals surface area (Å²) >= 11 is 0. The van der Waals surface area contributed by atoms with Crippen LogP contribution in [0.25, 0.3) is 11.0 Å². The number of nitrogens with one attached hydrogen (secondary N) is 2. The van der Waals surface area contributed by atoms with Gasteiger partial charge in [-0.2, -0.15) is 5.10 Å². The average Bonchev–Trinajstić information content (AvgIpc) is 3.10. The number of pyridine rings is 1. The maximum Gasteiger partial charge on any atom is 0.354 e. The van der Waals surface area contributed by atoms with Crippen LogP contribution in [0.1, 0.15) is 27.2 Å². The molecule has 0 aliphatic carbocycles. The fourth-order valence-corrected chi connectivity index (χ4v) is 2.56. The van der Waals surface area contributed by atoms with Crippen LogP contribution in [0.3, 0.4) is 0 Å². The number of aromatic nitrogens is 4. The van der Waals surface area contributed by atoms with Crippen LogP contribution >= 0.6 is 0 Å². The first kappa shape index (κ1) is 15.2. The number of aryl methyl sites for hydroxylation is 1. The Hall–Kier alpha value is -2.67. The highest BCUT2D eigenvalue weighted by Gasteiger charge is 2.14. The Kier molecular flexibility index (Phi) is 4.12. The highest BCUT2D eigenvalue weighted by Crippen LogP contribution is 2.15. The van der Waals surface area contributed by atoms with E-state index in [-0.39, 0.29) is 5.97 Å². The molecule has 7 heteroatoms. The molecular formula is C16H19N5O2. The van der Waals surface area contributed by atoms with Gasteiger partial charge in [-0.05, 0) is 29.7 Å². The molecule has 3 heterocycles. The largest absolute Gasteiger partial charge is 0.464 e. The van der Waals surface area contributed by atoms with Gasteiger partial charge in [0.1, 0.15) is 5.69 Å². The number of H-pyrrole nitrogens is 1. The number of nitrogens with zero attached hydrogens (tertiary/aromatic N) is 3. The molecule has 0 saturated heterocycles. The van der Waals surface area contributed by atoms with E-state index in [1.165, 1.54) is 7.11 Å². The Bertz CT molecular complexity index is 849. The molecule has 0 radical (unpaired) electrons. The zero-order chi connectivity index (χ0) is 16.4. The lowest BCUT2D eigenvalue weighted by Gasteiger charge is -2.05. The van der Waals surface area contributed by atoms with Crippen molar-refractivity contribution in [1.82, 2.24) is 25.1 Å². The number of carbonyl (C=O) groups is 1. The third kappa shape index (κ3) is 2.95. The van der Waals surface area contributed by atoms with Crippen molar-refractivity contribution in [3.63, 3.8) is 0 Å². The number of aromatic amines is 1. The van der Waals surface area contributed by atoms with Gasteiger partial charge >= 0.3 is 5.97 Å². The molecule has 120 valence electrons. The second-order valence-electron chi connectivity index (χ2n) is 5.43. The molecule has 2 N–H and O–H groups in total. The topological polar surface area (TPSA) is 84.8 Å². The highest BCUT2D eigenvalue weighted by atomic mass is 16.5. The van der Waals surface area contributed by atoms with Crippen LogP contribution in [0, 0.1) is 6.92 Å². The lowest BCUT2D eigenvalue weighted by atomic mass is 10.1. The Morgan fingerprint density at radius 3 is 3.00 bits per heavy atom. The molecule has 0 saturated carbocycles. The molecule has 0 aliphatic rings. The van der Waals surface area contributed by atoms with Crippen LogP contribution in [0.2, 0.25) is 0 Å². The summed E-state index contributed by atoms with van der Waals surface area (Å²) in [6.45, 7) is 3.25. The van der Waals surface area contributed by atoms with E-state index >= 15 is 0 Å². The molecule has 0 amide bonds. The number of hydrogen-bond acceptors (Lipinski definition) is 5. The first-order valence-electron chi connectivity index (χ1n) is 7.32. The fraction of sp³-hybridized carbons (Fsp3) is 0.312.